The highest BCUT2D eigenvalue weighted by atomic mass is 32.1. The Balaban J connectivity index is 1.78. The predicted octanol–water partition coefficient (Wildman–Crippen LogP) is 5.14. The Bertz CT molecular complexity index is 802. The molecule has 0 aliphatic rings. The summed E-state index contributed by atoms with van der Waals surface area (Å²) in [6, 6.07) is 18.0. The van der Waals surface area contributed by atoms with E-state index in [1.54, 1.807) is 17.5 Å². The minimum Gasteiger partial charge on any atom is -0.273 e. The molecule has 1 aromatic heterocycles. The van der Waals surface area contributed by atoms with E-state index < -0.39 is 0 Å². The highest BCUT2D eigenvalue weighted by molar-refractivity contribution is 7.13. The Labute approximate surface area is 157 Å². The van der Waals surface area contributed by atoms with Gasteiger partial charge >= 0.3 is 0 Å². The number of rotatable bonds is 8. The molecule has 5 heteroatoms. The topological polar surface area (TPSA) is 51.2 Å². The van der Waals surface area contributed by atoms with Gasteiger partial charge in [-0.2, -0.15) is 0 Å². The predicted molar refractivity (Wildman–Crippen MR) is 105 cm³/mol. The molecule has 1 atom stereocenters. The summed E-state index contributed by atoms with van der Waals surface area (Å²) in [6.07, 6.45) is 3.75. The van der Waals surface area contributed by atoms with E-state index in [2.05, 4.69) is 17.4 Å². The van der Waals surface area contributed by atoms with Crippen LogP contribution in [0.25, 0.3) is 10.6 Å². The largest absolute Gasteiger partial charge is 0.273 e. The Hall–Kier alpha value is -2.50. The van der Waals surface area contributed by atoms with E-state index in [1.165, 1.54) is 0 Å². The van der Waals surface area contributed by atoms with Crippen molar-refractivity contribution in [2.75, 3.05) is 0 Å². The highest BCUT2D eigenvalue weighted by Gasteiger charge is 2.17. The third-order valence-electron chi connectivity index (χ3n) is 4.04. The van der Waals surface area contributed by atoms with Gasteiger partial charge in [-0.3, -0.25) is 9.63 Å². The number of amides is 1. The molecule has 0 bridgehead atoms. The van der Waals surface area contributed by atoms with Crippen molar-refractivity contribution in [2.45, 2.75) is 32.3 Å². The molecule has 1 N–H and O–H groups in total. The van der Waals surface area contributed by atoms with E-state index in [9.17, 15) is 4.79 Å². The number of hydrogen-bond acceptors (Lipinski definition) is 4. The van der Waals surface area contributed by atoms with E-state index >= 15 is 0 Å². The van der Waals surface area contributed by atoms with Crippen molar-refractivity contribution in [2.24, 2.45) is 0 Å². The van der Waals surface area contributed by atoms with Crippen LogP contribution in [0.1, 0.15) is 43.4 Å². The monoisotopic (exact) mass is 366 g/mol. The minimum atomic E-state index is -0.355. The Morgan fingerprint density at radius 1 is 1.12 bits per heavy atom. The zero-order valence-corrected chi connectivity index (χ0v) is 15.5. The van der Waals surface area contributed by atoms with Crippen LogP contribution in [0.3, 0.4) is 0 Å². The van der Waals surface area contributed by atoms with Gasteiger partial charge in [0.25, 0.3) is 0 Å². The van der Waals surface area contributed by atoms with Gasteiger partial charge in [0.15, 0.2) is 0 Å². The molecule has 0 saturated heterocycles. The molecule has 3 aromatic rings. The number of hydrogen-bond donors (Lipinski definition) is 1. The molecule has 0 saturated carbocycles. The van der Waals surface area contributed by atoms with Crippen molar-refractivity contribution in [3.8, 4) is 10.6 Å². The molecule has 134 valence electrons. The molecule has 2 aromatic carbocycles. The van der Waals surface area contributed by atoms with Gasteiger partial charge < -0.3 is 0 Å². The number of hydroxylamine groups is 1. The van der Waals surface area contributed by atoms with Gasteiger partial charge in [0.1, 0.15) is 11.1 Å². The summed E-state index contributed by atoms with van der Waals surface area (Å²) in [5.41, 5.74) is 5.65. The van der Waals surface area contributed by atoms with Gasteiger partial charge in [0.2, 0.25) is 5.91 Å². The standard InChI is InChI=1S/C21H22N2O2S/c1-2-3-9-19(24)23-25-20(16-7-5-4-6-8-16)17-10-12-18(13-11-17)21-22-14-15-26-21/h4-8,10-15,20H,2-3,9H2,1H3,(H,23,24). The van der Waals surface area contributed by atoms with Crippen LogP contribution in [0.5, 0.6) is 0 Å². The van der Waals surface area contributed by atoms with Gasteiger partial charge in [0.05, 0.1) is 0 Å². The van der Waals surface area contributed by atoms with Crippen LogP contribution < -0.4 is 5.48 Å². The molecule has 1 unspecified atom stereocenters. The summed E-state index contributed by atoms with van der Waals surface area (Å²) in [5.74, 6) is -0.0906. The molecule has 1 heterocycles. The van der Waals surface area contributed by atoms with E-state index in [0.29, 0.717) is 6.42 Å². The number of nitrogens with zero attached hydrogens (tertiary/aromatic N) is 1. The first kappa shape index (κ1) is 18.3. The van der Waals surface area contributed by atoms with E-state index in [0.717, 1.165) is 34.5 Å². The number of nitrogens with one attached hydrogen (secondary N) is 1. The van der Waals surface area contributed by atoms with Crippen molar-refractivity contribution in [1.82, 2.24) is 10.5 Å². The first-order valence-corrected chi connectivity index (χ1v) is 9.65. The first-order chi connectivity index (χ1) is 12.8. The summed E-state index contributed by atoms with van der Waals surface area (Å²) in [5, 5.41) is 2.95. The molecule has 0 aliphatic heterocycles. The van der Waals surface area contributed by atoms with Gasteiger partial charge in [0, 0.05) is 23.6 Å². The Morgan fingerprint density at radius 3 is 2.50 bits per heavy atom. The molecular formula is C21H22N2O2S. The number of carbonyl (C=O) groups is 1. The van der Waals surface area contributed by atoms with Crippen LogP contribution in [-0.2, 0) is 9.63 Å². The number of carbonyl (C=O) groups excluding carboxylic acids is 1. The Kier molecular flexibility index (Phi) is 6.52. The average molecular weight is 366 g/mol. The van der Waals surface area contributed by atoms with Crippen LogP contribution in [0.15, 0.2) is 66.2 Å². The highest BCUT2D eigenvalue weighted by Crippen LogP contribution is 2.28. The van der Waals surface area contributed by atoms with Crippen molar-refractivity contribution >= 4 is 17.2 Å². The summed E-state index contributed by atoms with van der Waals surface area (Å²) in [7, 11) is 0. The summed E-state index contributed by atoms with van der Waals surface area (Å²) >= 11 is 1.61. The molecule has 26 heavy (non-hydrogen) atoms. The second-order valence-electron chi connectivity index (χ2n) is 6.00. The van der Waals surface area contributed by atoms with Crippen molar-refractivity contribution in [3.05, 3.63) is 77.3 Å². The summed E-state index contributed by atoms with van der Waals surface area (Å²) in [6.45, 7) is 2.06. The SMILES string of the molecule is CCCCC(=O)NOC(c1ccccc1)c1ccc(-c2nccs2)cc1. The van der Waals surface area contributed by atoms with Crippen LogP contribution >= 0.6 is 11.3 Å². The van der Waals surface area contributed by atoms with Gasteiger partial charge in [-0.05, 0) is 17.5 Å². The second-order valence-corrected chi connectivity index (χ2v) is 6.89. The molecule has 1 amide bonds. The first-order valence-electron chi connectivity index (χ1n) is 8.77. The quantitative estimate of drug-likeness (QED) is 0.562. The third kappa shape index (κ3) is 4.77. The lowest BCUT2D eigenvalue weighted by Crippen LogP contribution is -2.26. The number of benzene rings is 2. The molecule has 0 radical (unpaired) electrons. The fourth-order valence-corrected chi connectivity index (χ4v) is 3.28. The zero-order chi connectivity index (χ0) is 18.2. The molecule has 0 spiro atoms. The second kappa shape index (κ2) is 9.27. The molecule has 0 aliphatic carbocycles. The lowest BCUT2D eigenvalue weighted by atomic mass is 10.0. The Morgan fingerprint density at radius 2 is 1.85 bits per heavy atom. The van der Waals surface area contributed by atoms with Gasteiger partial charge in [-0.1, -0.05) is 67.9 Å². The lowest BCUT2D eigenvalue weighted by molar-refractivity contribution is -0.137. The molecule has 4 nitrogen and oxygen atoms in total. The maximum atomic E-state index is 11.9. The maximum Gasteiger partial charge on any atom is 0.243 e. The number of thiazole rings is 1. The van der Waals surface area contributed by atoms with E-state index in [4.69, 9.17) is 4.84 Å². The average Bonchev–Trinajstić information content (AvgIpc) is 3.23. The minimum absolute atomic E-state index is 0.0906. The van der Waals surface area contributed by atoms with Gasteiger partial charge in [-0.25, -0.2) is 10.5 Å². The molecule has 0 fully saturated rings. The van der Waals surface area contributed by atoms with E-state index in [-0.39, 0.29) is 12.0 Å². The maximum absolute atomic E-state index is 11.9. The van der Waals surface area contributed by atoms with Crippen molar-refractivity contribution < 1.29 is 9.63 Å². The number of unbranched alkanes of at least 4 members (excludes halogenated alkanes) is 1. The smallest absolute Gasteiger partial charge is 0.243 e. The fourth-order valence-electron chi connectivity index (χ4n) is 2.64. The number of aromatic nitrogens is 1. The third-order valence-corrected chi connectivity index (χ3v) is 4.87. The zero-order valence-electron chi connectivity index (χ0n) is 14.7. The lowest BCUT2D eigenvalue weighted by Gasteiger charge is -2.19. The summed E-state index contributed by atoms with van der Waals surface area (Å²) < 4.78 is 0. The normalized spacial score (nSPS) is 11.9. The molecular weight excluding hydrogens is 344 g/mol. The van der Waals surface area contributed by atoms with Crippen molar-refractivity contribution in [1.29, 1.82) is 0 Å². The molecule has 3 rings (SSSR count). The van der Waals surface area contributed by atoms with Crippen LogP contribution in [-0.4, -0.2) is 10.9 Å². The fraction of sp³-hybridized carbons (Fsp3) is 0.238. The van der Waals surface area contributed by atoms with Gasteiger partial charge in [-0.15, -0.1) is 11.3 Å². The van der Waals surface area contributed by atoms with Crippen molar-refractivity contribution in [3.63, 3.8) is 0 Å². The summed E-state index contributed by atoms with van der Waals surface area (Å²) in [4.78, 5) is 22.1. The van der Waals surface area contributed by atoms with Crippen LogP contribution in [0.2, 0.25) is 0 Å². The van der Waals surface area contributed by atoms with E-state index in [1.807, 2.05) is 60.0 Å². The van der Waals surface area contributed by atoms with Crippen LogP contribution in [0, 0.1) is 0 Å². The van der Waals surface area contributed by atoms with Crippen LogP contribution in [0.4, 0.5) is 0 Å².